The van der Waals surface area contributed by atoms with Crippen molar-refractivity contribution in [2.75, 3.05) is 6.79 Å². The molecule has 3 aromatic rings. The molecule has 0 bridgehead atoms. The molecular formula is C28H23B6NO6S. The Labute approximate surface area is 257 Å². The fraction of sp³-hybridized carbons (Fsp3) is 0.286. The predicted molar refractivity (Wildman–Crippen MR) is 167 cm³/mol. The van der Waals surface area contributed by atoms with Gasteiger partial charge < -0.3 is 19.3 Å². The molecular weight excluding hydrogens is 543 g/mol. The Bertz CT molecular complexity index is 1460. The second kappa shape index (κ2) is 12.5. The van der Waals surface area contributed by atoms with E-state index in [1.54, 1.807) is 18.2 Å². The molecule has 2 atom stereocenters. The van der Waals surface area contributed by atoms with Crippen LogP contribution in [-0.4, -0.2) is 70.9 Å². The van der Waals surface area contributed by atoms with Gasteiger partial charge in [-0.1, -0.05) is 48.6 Å². The van der Waals surface area contributed by atoms with Crippen molar-refractivity contribution >= 4 is 70.9 Å². The van der Waals surface area contributed by atoms with E-state index in [0.717, 1.165) is 22.4 Å². The molecule has 200 valence electrons. The standard InChI is InChI=1S/C28H23B6NO6S/c1-27(2,32)16-5-7-17(8-6-16)42-35-25(36)22(14-3-10-20-21(12-14)40-13-39-20)41-19-9-4-15(26(37)38)11-18(19)28(33,34)23(29)24(30)31/h3-12,22-24H,13H2,1-2H3,(H,35,36)(H,37,38). The van der Waals surface area contributed by atoms with Crippen molar-refractivity contribution in [3.63, 3.8) is 0 Å². The molecule has 1 aliphatic rings. The van der Waals surface area contributed by atoms with Crippen molar-refractivity contribution < 1.29 is 28.9 Å². The zero-order valence-electron chi connectivity index (χ0n) is 23.1. The van der Waals surface area contributed by atoms with E-state index >= 15 is 0 Å². The third kappa shape index (κ3) is 7.02. The number of carboxylic acids is 1. The topological polar surface area (TPSA) is 94.1 Å². The number of nitrogens with one attached hydrogen (secondary N) is 1. The summed E-state index contributed by atoms with van der Waals surface area (Å²) in [4.78, 5) is 26.2. The molecule has 12 radical (unpaired) electrons. The Hall–Kier alpha value is -3.26. The molecule has 0 fully saturated rings. The molecule has 2 N–H and O–H groups in total. The first kappa shape index (κ1) is 31.7. The van der Waals surface area contributed by atoms with Gasteiger partial charge in [0, 0.05) is 10.5 Å². The van der Waals surface area contributed by atoms with Gasteiger partial charge in [-0.25, -0.2) is 4.79 Å². The van der Waals surface area contributed by atoms with Crippen LogP contribution in [0.4, 0.5) is 0 Å². The highest BCUT2D eigenvalue weighted by Gasteiger charge is 2.34. The molecule has 7 nitrogen and oxygen atoms in total. The number of rotatable bonds is 11. The molecule has 42 heavy (non-hydrogen) atoms. The van der Waals surface area contributed by atoms with E-state index in [1.165, 1.54) is 18.2 Å². The van der Waals surface area contributed by atoms with Crippen LogP contribution in [0.15, 0.2) is 65.6 Å². The third-order valence-corrected chi connectivity index (χ3v) is 7.52. The van der Waals surface area contributed by atoms with Crippen LogP contribution in [0.2, 0.25) is 11.5 Å². The monoisotopic (exact) mass is 567 g/mol. The van der Waals surface area contributed by atoms with Crippen LogP contribution < -0.4 is 18.9 Å². The quantitative estimate of drug-likeness (QED) is 0.272. The minimum atomic E-state index is -1.93. The van der Waals surface area contributed by atoms with E-state index in [-0.39, 0.29) is 23.7 Å². The number of amides is 1. The van der Waals surface area contributed by atoms with Crippen LogP contribution in [0.5, 0.6) is 17.2 Å². The zero-order valence-corrected chi connectivity index (χ0v) is 23.9. The van der Waals surface area contributed by atoms with Gasteiger partial charge in [-0.2, -0.15) is 0 Å². The van der Waals surface area contributed by atoms with E-state index in [4.69, 9.17) is 61.3 Å². The van der Waals surface area contributed by atoms with Crippen LogP contribution in [0.25, 0.3) is 0 Å². The average molecular weight is 566 g/mol. The van der Waals surface area contributed by atoms with Gasteiger partial charge in [-0.15, -0.1) is 5.72 Å². The number of aromatic carboxylic acids is 1. The van der Waals surface area contributed by atoms with Crippen molar-refractivity contribution in [3.8, 4) is 17.2 Å². The maximum Gasteiger partial charge on any atom is 0.335 e. The number of benzene rings is 3. The van der Waals surface area contributed by atoms with Crippen molar-refractivity contribution in [2.24, 2.45) is 0 Å². The molecule has 1 aliphatic heterocycles. The summed E-state index contributed by atoms with van der Waals surface area (Å²) >= 11 is 1.08. The summed E-state index contributed by atoms with van der Waals surface area (Å²) in [5.74, 6) is -2.07. The summed E-state index contributed by atoms with van der Waals surface area (Å²) in [6.45, 7) is 3.82. The van der Waals surface area contributed by atoms with Crippen LogP contribution >= 0.6 is 11.9 Å². The Morgan fingerprint density at radius 1 is 0.952 bits per heavy atom. The summed E-state index contributed by atoms with van der Waals surface area (Å²) < 4.78 is 19.9. The number of carbonyl (C=O) groups is 2. The summed E-state index contributed by atoms with van der Waals surface area (Å²) in [7, 11) is 36.5. The van der Waals surface area contributed by atoms with Crippen molar-refractivity contribution in [3.05, 3.63) is 82.9 Å². The molecule has 0 aliphatic carbocycles. The zero-order chi connectivity index (χ0) is 30.8. The fourth-order valence-corrected chi connectivity index (χ4v) is 4.79. The van der Waals surface area contributed by atoms with Gasteiger partial charge in [-0.3, -0.25) is 9.52 Å². The van der Waals surface area contributed by atoms with E-state index in [9.17, 15) is 14.7 Å². The maximum absolute atomic E-state index is 13.7. The first-order valence-electron chi connectivity index (χ1n) is 12.8. The maximum atomic E-state index is 13.7. The Morgan fingerprint density at radius 2 is 1.62 bits per heavy atom. The minimum Gasteiger partial charge on any atom is -0.478 e. The Morgan fingerprint density at radius 3 is 2.24 bits per heavy atom. The van der Waals surface area contributed by atoms with Gasteiger partial charge in [-0.05, 0) is 65.3 Å². The van der Waals surface area contributed by atoms with E-state index < -0.39 is 40.0 Å². The van der Waals surface area contributed by atoms with Crippen molar-refractivity contribution in [1.82, 2.24) is 4.72 Å². The molecule has 2 unspecified atom stereocenters. The van der Waals surface area contributed by atoms with E-state index in [2.05, 4.69) is 4.72 Å². The highest BCUT2D eigenvalue weighted by Crippen LogP contribution is 2.42. The SMILES string of the molecule is [B]C([B])C([B])C([B])([B])c1cc(C(=O)O)ccc1OC(C(=O)NSc1ccc(C([B])(C)C)cc1)c1ccc2c(c1)OCO2. The molecule has 0 aromatic heterocycles. The normalized spacial score (nSPS) is 14.3. The molecule has 3 aromatic carbocycles. The number of carboxylic acid groups (broad SMARTS) is 1. The van der Waals surface area contributed by atoms with Gasteiger partial charge in [0.05, 0.1) is 52.6 Å². The van der Waals surface area contributed by atoms with Gasteiger partial charge in [0.2, 0.25) is 12.9 Å². The Balaban J connectivity index is 1.69. The Kier molecular flexibility index (Phi) is 9.45. The summed E-state index contributed by atoms with van der Waals surface area (Å²) in [6.07, 6.45) is -1.28. The average Bonchev–Trinajstić information content (AvgIpc) is 3.41. The summed E-state index contributed by atoms with van der Waals surface area (Å²) in [5.41, 5.74) is 0.0351. The summed E-state index contributed by atoms with van der Waals surface area (Å²) in [6, 6.07) is 16.2. The van der Waals surface area contributed by atoms with Gasteiger partial charge in [0.1, 0.15) is 5.75 Å². The van der Waals surface area contributed by atoms with Gasteiger partial charge >= 0.3 is 5.97 Å². The number of fused-ring (bicyclic) bond motifs is 1. The van der Waals surface area contributed by atoms with Crippen LogP contribution in [0.3, 0.4) is 0 Å². The van der Waals surface area contributed by atoms with Crippen LogP contribution in [0.1, 0.15) is 47.0 Å². The van der Waals surface area contributed by atoms with Crippen molar-refractivity contribution in [1.29, 1.82) is 0 Å². The largest absolute Gasteiger partial charge is 0.478 e. The molecule has 0 saturated carbocycles. The molecule has 1 amide bonds. The second-order valence-corrected chi connectivity index (χ2v) is 11.4. The van der Waals surface area contributed by atoms with Gasteiger partial charge in [0.25, 0.3) is 5.91 Å². The molecule has 4 rings (SSSR count). The highest BCUT2D eigenvalue weighted by molar-refractivity contribution is 7.98. The number of hydrogen-bond donors (Lipinski definition) is 2. The van der Waals surface area contributed by atoms with Crippen LogP contribution in [0, 0.1) is 0 Å². The van der Waals surface area contributed by atoms with Crippen molar-refractivity contribution in [2.45, 2.75) is 46.9 Å². The third-order valence-electron chi connectivity index (χ3n) is 6.71. The molecule has 0 saturated heterocycles. The first-order valence-corrected chi connectivity index (χ1v) is 13.6. The smallest absolute Gasteiger partial charge is 0.335 e. The lowest BCUT2D eigenvalue weighted by atomic mass is 9.35. The number of hydrogen-bond acceptors (Lipinski definition) is 6. The highest BCUT2D eigenvalue weighted by atomic mass is 32.2. The lowest BCUT2D eigenvalue weighted by Crippen LogP contribution is -2.37. The van der Waals surface area contributed by atoms with E-state index in [0.29, 0.717) is 17.1 Å². The fourth-order valence-electron chi connectivity index (χ4n) is 4.19. The molecule has 14 heteroatoms. The second-order valence-electron chi connectivity index (χ2n) is 10.5. The lowest BCUT2D eigenvalue weighted by molar-refractivity contribution is -0.126. The first-order chi connectivity index (χ1) is 19.7. The molecule has 0 spiro atoms. The minimum absolute atomic E-state index is 0.00144. The van der Waals surface area contributed by atoms with Crippen LogP contribution in [-0.2, 0) is 15.3 Å². The molecule has 1 heterocycles. The van der Waals surface area contributed by atoms with Gasteiger partial charge in [0.15, 0.2) is 11.5 Å². The lowest BCUT2D eigenvalue weighted by Gasteiger charge is -2.39. The van der Waals surface area contributed by atoms with E-state index in [1.807, 2.05) is 38.1 Å². The predicted octanol–water partition coefficient (Wildman–Crippen LogP) is 2.99. The number of carbonyl (C=O) groups excluding carboxylic acids is 1. The summed E-state index contributed by atoms with van der Waals surface area (Å²) in [5, 5.41) is 7.14. The number of ether oxygens (including phenoxy) is 3.